The van der Waals surface area contributed by atoms with E-state index in [2.05, 4.69) is 37.8 Å². The lowest BCUT2D eigenvalue weighted by atomic mass is 10.1. The molecule has 7 nitrogen and oxygen atoms in total. The normalized spacial score (nSPS) is 11.0. The van der Waals surface area contributed by atoms with Gasteiger partial charge in [-0.1, -0.05) is 48.5 Å². The largest absolute Gasteiger partial charge is 0.361 e. The molecule has 0 aliphatic heterocycles. The highest BCUT2D eigenvalue weighted by Gasteiger charge is 2.09. The number of hydrogen-bond donors (Lipinski definition) is 2. The first-order chi connectivity index (χ1) is 13.3. The van der Waals surface area contributed by atoms with Crippen LogP contribution in [0, 0.1) is 0 Å². The molecular formula is C20H20N6O. The molecule has 0 radical (unpaired) electrons. The van der Waals surface area contributed by atoms with Crippen molar-refractivity contribution in [3.05, 3.63) is 66.4 Å². The van der Waals surface area contributed by atoms with Crippen LogP contribution in [0.5, 0.6) is 0 Å². The Morgan fingerprint density at radius 1 is 1.07 bits per heavy atom. The minimum atomic E-state index is -0.120. The van der Waals surface area contributed by atoms with Crippen molar-refractivity contribution in [1.29, 1.82) is 0 Å². The molecule has 0 spiro atoms. The van der Waals surface area contributed by atoms with E-state index < -0.39 is 0 Å². The second-order valence-electron chi connectivity index (χ2n) is 6.32. The summed E-state index contributed by atoms with van der Waals surface area (Å²) in [4.78, 5) is 16.7. The van der Waals surface area contributed by atoms with Crippen molar-refractivity contribution in [3.63, 3.8) is 0 Å². The van der Waals surface area contributed by atoms with Gasteiger partial charge in [-0.05, 0) is 29.7 Å². The van der Waals surface area contributed by atoms with Crippen LogP contribution in [0.2, 0.25) is 0 Å². The van der Waals surface area contributed by atoms with Gasteiger partial charge in [0.05, 0.1) is 0 Å². The van der Waals surface area contributed by atoms with Gasteiger partial charge in [0.25, 0.3) is 0 Å². The van der Waals surface area contributed by atoms with Gasteiger partial charge in [0.15, 0.2) is 0 Å². The van der Waals surface area contributed by atoms with E-state index in [1.54, 1.807) is 0 Å². The monoisotopic (exact) mass is 360 g/mol. The summed E-state index contributed by atoms with van der Waals surface area (Å²) in [6.45, 7) is 0.672. The van der Waals surface area contributed by atoms with Crippen LogP contribution >= 0.6 is 0 Å². The fourth-order valence-corrected chi connectivity index (χ4v) is 3.04. The molecule has 2 aromatic carbocycles. The average molecular weight is 360 g/mol. The lowest BCUT2D eigenvalue weighted by Crippen LogP contribution is -2.29. The molecule has 2 heterocycles. The van der Waals surface area contributed by atoms with Crippen molar-refractivity contribution in [1.82, 2.24) is 30.5 Å². The number of aryl methyl sites for hydroxylation is 1. The summed E-state index contributed by atoms with van der Waals surface area (Å²) in [6.07, 6.45) is 3.81. The van der Waals surface area contributed by atoms with E-state index in [0.29, 0.717) is 12.4 Å². The van der Waals surface area contributed by atoms with Crippen molar-refractivity contribution in [2.24, 2.45) is 0 Å². The number of carbonyl (C=O) groups excluding carboxylic acids is 1. The van der Waals surface area contributed by atoms with E-state index >= 15 is 0 Å². The van der Waals surface area contributed by atoms with E-state index in [1.807, 2.05) is 48.7 Å². The molecule has 2 N–H and O–H groups in total. The molecule has 0 bridgehead atoms. The molecule has 4 rings (SSSR count). The quantitative estimate of drug-likeness (QED) is 0.496. The van der Waals surface area contributed by atoms with Crippen LogP contribution in [-0.4, -0.2) is 37.6 Å². The average Bonchev–Trinajstić information content (AvgIpc) is 3.33. The summed E-state index contributed by atoms with van der Waals surface area (Å²) in [5.41, 5.74) is 3.29. The number of H-pyrrole nitrogens is 1. The number of nitrogens with one attached hydrogen (secondary N) is 2. The number of tetrazole rings is 1. The van der Waals surface area contributed by atoms with Gasteiger partial charge >= 0.3 is 0 Å². The van der Waals surface area contributed by atoms with Gasteiger partial charge in [0.1, 0.15) is 6.54 Å². The summed E-state index contributed by atoms with van der Waals surface area (Å²) in [5, 5.41) is 16.3. The number of carbonyl (C=O) groups is 1. The molecule has 0 fully saturated rings. The maximum absolute atomic E-state index is 12.1. The summed E-state index contributed by atoms with van der Waals surface area (Å²) >= 11 is 0. The van der Waals surface area contributed by atoms with Crippen LogP contribution < -0.4 is 5.32 Å². The molecule has 0 aliphatic rings. The van der Waals surface area contributed by atoms with E-state index in [0.717, 1.165) is 23.9 Å². The molecule has 4 aromatic rings. The van der Waals surface area contributed by atoms with Crippen LogP contribution in [0.4, 0.5) is 0 Å². The number of rotatable bonds is 7. The van der Waals surface area contributed by atoms with Crippen LogP contribution in [0.3, 0.4) is 0 Å². The molecule has 0 aliphatic carbocycles. The minimum absolute atomic E-state index is 0.0624. The van der Waals surface area contributed by atoms with E-state index in [-0.39, 0.29) is 12.5 Å². The van der Waals surface area contributed by atoms with Gasteiger partial charge in [-0.15, -0.1) is 10.2 Å². The van der Waals surface area contributed by atoms with Crippen molar-refractivity contribution in [2.45, 2.75) is 19.4 Å². The summed E-state index contributed by atoms with van der Waals surface area (Å²) < 4.78 is 0. The number of aromatic nitrogens is 5. The molecular weight excluding hydrogens is 340 g/mol. The highest BCUT2D eigenvalue weighted by Crippen LogP contribution is 2.18. The zero-order valence-electron chi connectivity index (χ0n) is 14.8. The van der Waals surface area contributed by atoms with Crippen LogP contribution in [0.15, 0.2) is 60.8 Å². The summed E-state index contributed by atoms with van der Waals surface area (Å²) in [5.74, 6) is 0.397. The Hall–Kier alpha value is -3.48. The van der Waals surface area contributed by atoms with E-state index in [4.69, 9.17) is 0 Å². The summed E-state index contributed by atoms with van der Waals surface area (Å²) in [6, 6.07) is 17.8. The van der Waals surface area contributed by atoms with Crippen molar-refractivity contribution < 1.29 is 4.79 Å². The molecule has 136 valence electrons. The number of para-hydroxylation sites is 1. The van der Waals surface area contributed by atoms with Crippen LogP contribution in [0.1, 0.15) is 12.0 Å². The van der Waals surface area contributed by atoms with Gasteiger partial charge in [-0.3, -0.25) is 4.79 Å². The third-order valence-corrected chi connectivity index (χ3v) is 4.39. The second kappa shape index (κ2) is 7.82. The van der Waals surface area contributed by atoms with Gasteiger partial charge in [-0.2, -0.15) is 4.80 Å². The highest BCUT2D eigenvalue weighted by atomic mass is 16.2. The van der Waals surface area contributed by atoms with Crippen molar-refractivity contribution in [3.8, 4) is 11.4 Å². The van der Waals surface area contributed by atoms with E-state index in [1.165, 1.54) is 15.7 Å². The van der Waals surface area contributed by atoms with Crippen molar-refractivity contribution >= 4 is 16.8 Å². The molecule has 2 aromatic heterocycles. The van der Waals surface area contributed by atoms with Crippen molar-refractivity contribution in [2.75, 3.05) is 6.54 Å². The Morgan fingerprint density at radius 3 is 2.78 bits per heavy atom. The first kappa shape index (κ1) is 17.0. The molecule has 27 heavy (non-hydrogen) atoms. The fourth-order valence-electron chi connectivity index (χ4n) is 3.04. The maximum Gasteiger partial charge on any atom is 0.243 e. The number of aromatic amines is 1. The molecule has 7 heteroatoms. The Kier molecular flexibility index (Phi) is 4.91. The Bertz CT molecular complexity index is 1040. The lowest BCUT2D eigenvalue weighted by Gasteiger charge is -2.04. The SMILES string of the molecule is O=C(Cn1nnc(-c2ccccc2)n1)NCCCc1c[nH]c2ccccc12. The molecule has 0 saturated carbocycles. The third kappa shape index (κ3) is 4.03. The highest BCUT2D eigenvalue weighted by molar-refractivity contribution is 5.83. The van der Waals surface area contributed by atoms with Crippen LogP contribution in [-0.2, 0) is 17.8 Å². The zero-order valence-corrected chi connectivity index (χ0v) is 14.8. The minimum Gasteiger partial charge on any atom is -0.361 e. The summed E-state index contributed by atoms with van der Waals surface area (Å²) in [7, 11) is 0. The maximum atomic E-state index is 12.1. The van der Waals surface area contributed by atoms with E-state index in [9.17, 15) is 4.79 Å². The standard InChI is InChI=1S/C20H20N6O/c27-19(14-26-24-20(23-25-26)15-7-2-1-3-8-15)21-12-6-9-16-13-22-18-11-5-4-10-17(16)18/h1-5,7-8,10-11,13,22H,6,9,12,14H2,(H,21,27). The van der Waals surface area contributed by atoms with Gasteiger partial charge < -0.3 is 10.3 Å². The third-order valence-electron chi connectivity index (χ3n) is 4.39. The first-order valence-electron chi connectivity index (χ1n) is 8.94. The predicted molar refractivity (Wildman–Crippen MR) is 103 cm³/mol. The van der Waals surface area contributed by atoms with Gasteiger partial charge in [0, 0.05) is 29.2 Å². The van der Waals surface area contributed by atoms with Gasteiger partial charge in [-0.25, -0.2) is 0 Å². The fraction of sp³-hybridized carbons (Fsp3) is 0.200. The number of hydrogen-bond acceptors (Lipinski definition) is 4. The molecule has 0 atom stereocenters. The number of nitrogens with zero attached hydrogens (tertiary/aromatic N) is 4. The van der Waals surface area contributed by atoms with Crippen LogP contribution in [0.25, 0.3) is 22.3 Å². The lowest BCUT2D eigenvalue weighted by molar-refractivity contribution is -0.122. The number of amides is 1. The Morgan fingerprint density at radius 2 is 1.89 bits per heavy atom. The Balaban J connectivity index is 1.25. The molecule has 0 saturated heterocycles. The smallest absolute Gasteiger partial charge is 0.243 e. The molecule has 0 unspecified atom stereocenters. The van der Waals surface area contributed by atoms with Gasteiger partial charge in [0.2, 0.25) is 11.7 Å². The molecule has 1 amide bonds. The number of fused-ring (bicyclic) bond motifs is 1. The second-order valence-corrected chi connectivity index (χ2v) is 6.32. The first-order valence-corrected chi connectivity index (χ1v) is 8.94. The Labute approximate surface area is 156 Å². The predicted octanol–water partition coefficient (Wildman–Crippen LogP) is 2.57. The topological polar surface area (TPSA) is 88.5 Å². The number of benzene rings is 2. The zero-order chi connectivity index (χ0) is 18.5.